The number of amides is 1. The van der Waals surface area contributed by atoms with Gasteiger partial charge in [0.25, 0.3) is 0 Å². The number of carbonyl (C=O) groups excluding carboxylic acids is 1. The van der Waals surface area contributed by atoms with Crippen molar-refractivity contribution in [1.29, 1.82) is 0 Å². The molecular formula is C14H26N2O. The highest BCUT2D eigenvalue weighted by atomic mass is 16.2. The number of hydrogen-bond acceptors (Lipinski definition) is 2. The molecule has 1 saturated heterocycles. The standard InChI is InChI=1S/C14H26N2O/c1-11-6-4-7-12(10-11)16(3)13(17)14(2)8-5-9-15-14/h11-12,15H,4-10H2,1-3H3. The summed E-state index contributed by atoms with van der Waals surface area (Å²) < 4.78 is 0. The van der Waals surface area contributed by atoms with Crippen molar-refractivity contribution in [1.82, 2.24) is 10.2 Å². The van der Waals surface area contributed by atoms with Gasteiger partial charge in [-0.25, -0.2) is 0 Å². The summed E-state index contributed by atoms with van der Waals surface area (Å²) >= 11 is 0. The Kier molecular flexibility index (Phi) is 3.76. The summed E-state index contributed by atoms with van der Waals surface area (Å²) in [5, 5.41) is 3.37. The molecule has 1 N–H and O–H groups in total. The Morgan fingerprint density at radius 1 is 1.35 bits per heavy atom. The normalized spacial score (nSPS) is 38.1. The number of nitrogens with zero attached hydrogens (tertiary/aromatic N) is 1. The largest absolute Gasteiger partial charge is 0.341 e. The SMILES string of the molecule is CC1CCCC(N(C)C(=O)C2(C)CCCN2)C1. The van der Waals surface area contributed by atoms with E-state index in [-0.39, 0.29) is 5.54 Å². The zero-order chi connectivity index (χ0) is 12.5. The van der Waals surface area contributed by atoms with E-state index in [1.54, 1.807) is 0 Å². The molecule has 0 aromatic rings. The average Bonchev–Trinajstić information content (AvgIpc) is 2.75. The Morgan fingerprint density at radius 2 is 2.12 bits per heavy atom. The first kappa shape index (κ1) is 12.9. The monoisotopic (exact) mass is 238 g/mol. The molecule has 2 rings (SSSR count). The van der Waals surface area contributed by atoms with Gasteiger partial charge in [-0.1, -0.05) is 19.8 Å². The van der Waals surface area contributed by atoms with Gasteiger partial charge in [0.05, 0.1) is 5.54 Å². The lowest BCUT2D eigenvalue weighted by molar-refractivity contribution is -0.138. The quantitative estimate of drug-likeness (QED) is 0.799. The van der Waals surface area contributed by atoms with Gasteiger partial charge in [0.2, 0.25) is 5.91 Å². The highest BCUT2D eigenvalue weighted by Crippen LogP contribution is 2.29. The van der Waals surface area contributed by atoms with Gasteiger partial charge in [-0.2, -0.15) is 0 Å². The van der Waals surface area contributed by atoms with Crippen molar-refractivity contribution >= 4 is 5.91 Å². The number of hydrogen-bond donors (Lipinski definition) is 1. The molecule has 1 heterocycles. The van der Waals surface area contributed by atoms with E-state index in [0.29, 0.717) is 11.9 Å². The first-order chi connectivity index (χ1) is 8.03. The fourth-order valence-corrected chi connectivity index (χ4v) is 3.39. The number of likely N-dealkylation sites (N-methyl/N-ethyl adjacent to an activating group) is 1. The molecule has 3 heteroatoms. The van der Waals surface area contributed by atoms with Crippen LogP contribution < -0.4 is 5.32 Å². The Labute approximate surface area is 105 Å². The van der Waals surface area contributed by atoms with Gasteiger partial charge in [-0.15, -0.1) is 0 Å². The molecule has 1 saturated carbocycles. The van der Waals surface area contributed by atoms with E-state index in [1.165, 1.54) is 25.7 Å². The third kappa shape index (κ3) is 2.65. The molecule has 2 fully saturated rings. The Bertz CT molecular complexity index is 284. The van der Waals surface area contributed by atoms with E-state index in [4.69, 9.17) is 0 Å². The molecule has 0 bridgehead atoms. The summed E-state index contributed by atoms with van der Waals surface area (Å²) in [5.74, 6) is 1.07. The summed E-state index contributed by atoms with van der Waals surface area (Å²) in [6, 6.07) is 0.463. The summed E-state index contributed by atoms with van der Waals surface area (Å²) in [6.07, 6.45) is 7.07. The van der Waals surface area contributed by atoms with Crippen LogP contribution in [0, 0.1) is 5.92 Å². The van der Waals surface area contributed by atoms with Crippen LogP contribution in [-0.4, -0.2) is 36.0 Å². The number of carbonyl (C=O) groups is 1. The molecule has 0 spiro atoms. The molecule has 3 unspecified atom stereocenters. The Balaban J connectivity index is 1.98. The van der Waals surface area contributed by atoms with Gasteiger partial charge in [-0.3, -0.25) is 4.79 Å². The van der Waals surface area contributed by atoms with Crippen molar-refractivity contribution in [3.63, 3.8) is 0 Å². The summed E-state index contributed by atoms with van der Waals surface area (Å²) in [5.41, 5.74) is -0.296. The predicted octanol–water partition coefficient (Wildman–Crippen LogP) is 2.17. The van der Waals surface area contributed by atoms with Crippen LogP contribution in [0.5, 0.6) is 0 Å². The van der Waals surface area contributed by atoms with E-state index in [9.17, 15) is 4.79 Å². The summed E-state index contributed by atoms with van der Waals surface area (Å²) in [4.78, 5) is 14.6. The second kappa shape index (κ2) is 4.97. The molecule has 3 atom stereocenters. The zero-order valence-electron chi connectivity index (χ0n) is 11.5. The smallest absolute Gasteiger partial charge is 0.242 e. The minimum Gasteiger partial charge on any atom is -0.341 e. The molecule has 1 aliphatic heterocycles. The van der Waals surface area contributed by atoms with Crippen LogP contribution in [0.25, 0.3) is 0 Å². The van der Waals surface area contributed by atoms with Crippen LogP contribution in [-0.2, 0) is 4.79 Å². The maximum Gasteiger partial charge on any atom is 0.242 e. The molecular weight excluding hydrogens is 212 g/mol. The zero-order valence-corrected chi connectivity index (χ0v) is 11.5. The van der Waals surface area contributed by atoms with E-state index < -0.39 is 0 Å². The first-order valence-corrected chi connectivity index (χ1v) is 7.05. The number of rotatable bonds is 2. The molecule has 1 amide bonds. The van der Waals surface area contributed by atoms with E-state index in [0.717, 1.165) is 25.3 Å². The van der Waals surface area contributed by atoms with Crippen molar-refractivity contribution in [2.24, 2.45) is 5.92 Å². The van der Waals surface area contributed by atoms with Gasteiger partial charge in [0.15, 0.2) is 0 Å². The van der Waals surface area contributed by atoms with Crippen LogP contribution in [0.15, 0.2) is 0 Å². The average molecular weight is 238 g/mol. The van der Waals surface area contributed by atoms with E-state index in [1.807, 2.05) is 11.9 Å². The van der Waals surface area contributed by atoms with Gasteiger partial charge >= 0.3 is 0 Å². The highest BCUT2D eigenvalue weighted by Gasteiger charge is 2.40. The lowest BCUT2D eigenvalue weighted by Crippen LogP contribution is -2.54. The Hall–Kier alpha value is -0.570. The molecule has 0 radical (unpaired) electrons. The van der Waals surface area contributed by atoms with Crippen molar-refractivity contribution in [2.45, 2.75) is 64.0 Å². The molecule has 3 nitrogen and oxygen atoms in total. The highest BCUT2D eigenvalue weighted by molar-refractivity contribution is 5.86. The third-order valence-electron chi connectivity index (χ3n) is 4.62. The third-order valence-corrected chi connectivity index (χ3v) is 4.62. The molecule has 0 aromatic heterocycles. The first-order valence-electron chi connectivity index (χ1n) is 7.05. The maximum absolute atomic E-state index is 12.5. The molecule has 2 aliphatic rings. The second-order valence-electron chi connectivity index (χ2n) is 6.20. The summed E-state index contributed by atoms with van der Waals surface area (Å²) in [6.45, 7) is 5.35. The van der Waals surface area contributed by atoms with Gasteiger partial charge < -0.3 is 10.2 Å². The minimum atomic E-state index is -0.296. The van der Waals surface area contributed by atoms with Crippen LogP contribution in [0.3, 0.4) is 0 Å². The Morgan fingerprint density at radius 3 is 2.71 bits per heavy atom. The lowest BCUT2D eigenvalue weighted by atomic mass is 9.85. The predicted molar refractivity (Wildman–Crippen MR) is 69.8 cm³/mol. The summed E-state index contributed by atoms with van der Waals surface area (Å²) in [7, 11) is 2.00. The van der Waals surface area contributed by atoms with Gasteiger partial charge in [0.1, 0.15) is 0 Å². The fourth-order valence-electron chi connectivity index (χ4n) is 3.39. The van der Waals surface area contributed by atoms with Crippen molar-refractivity contribution < 1.29 is 4.79 Å². The fraction of sp³-hybridized carbons (Fsp3) is 0.929. The topological polar surface area (TPSA) is 32.3 Å². The van der Waals surface area contributed by atoms with Crippen LogP contribution in [0.4, 0.5) is 0 Å². The molecule has 98 valence electrons. The van der Waals surface area contributed by atoms with E-state index >= 15 is 0 Å². The van der Waals surface area contributed by atoms with Gasteiger partial charge in [-0.05, 0) is 45.1 Å². The molecule has 1 aliphatic carbocycles. The second-order valence-corrected chi connectivity index (χ2v) is 6.20. The van der Waals surface area contributed by atoms with Crippen LogP contribution >= 0.6 is 0 Å². The molecule has 17 heavy (non-hydrogen) atoms. The minimum absolute atomic E-state index is 0.296. The maximum atomic E-state index is 12.5. The molecule has 0 aromatic carbocycles. The van der Waals surface area contributed by atoms with Crippen LogP contribution in [0.2, 0.25) is 0 Å². The van der Waals surface area contributed by atoms with E-state index in [2.05, 4.69) is 19.2 Å². The van der Waals surface area contributed by atoms with Crippen molar-refractivity contribution in [2.75, 3.05) is 13.6 Å². The lowest BCUT2D eigenvalue weighted by Gasteiger charge is -2.38. The van der Waals surface area contributed by atoms with Gasteiger partial charge in [0, 0.05) is 13.1 Å². The van der Waals surface area contributed by atoms with Crippen molar-refractivity contribution in [3.8, 4) is 0 Å². The van der Waals surface area contributed by atoms with Crippen molar-refractivity contribution in [3.05, 3.63) is 0 Å². The number of nitrogens with one attached hydrogen (secondary N) is 1. The van der Waals surface area contributed by atoms with Crippen LogP contribution in [0.1, 0.15) is 52.4 Å².